The van der Waals surface area contributed by atoms with Gasteiger partial charge in [0.1, 0.15) is 29.0 Å². The number of ether oxygens (including phenoxy) is 3. The SMILES string of the molecule is COc1ccc(OC)c(C2/C(=C(\O)c3ccc(OC)c(C)c3)C(=O)C(=O)N2c2nc3c(C)cc(C)cc3s2)c1. The molecule has 0 aliphatic carbocycles. The molecule has 2 heterocycles. The van der Waals surface area contributed by atoms with Gasteiger partial charge in [-0.2, -0.15) is 0 Å². The predicted molar refractivity (Wildman–Crippen MR) is 151 cm³/mol. The number of fused-ring (bicyclic) bond motifs is 1. The molecule has 1 N–H and O–H groups in total. The molecule has 0 bridgehead atoms. The van der Waals surface area contributed by atoms with E-state index in [9.17, 15) is 14.7 Å². The molecule has 1 atom stereocenters. The van der Waals surface area contributed by atoms with E-state index in [-0.39, 0.29) is 11.3 Å². The Labute approximate surface area is 230 Å². The smallest absolute Gasteiger partial charge is 0.301 e. The fraction of sp³-hybridized carbons (Fsp3) is 0.233. The summed E-state index contributed by atoms with van der Waals surface area (Å²) in [6.07, 6.45) is 0. The maximum Gasteiger partial charge on any atom is 0.301 e. The number of carbonyl (C=O) groups is 2. The zero-order chi connectivity index (χ0) is 28.0. The van der Waals surface area contributed by atoms with Crippen LogP contribution in [0.25, 0.3) is 16.0 Å². The Morgan fingerprint density at radius 1 is 0.897 bits per heavy atom. The van der Waals surface area contributed by atoms with Crippen LogP contribution in [0.4, 0.5) is 5.13 Å². The van der Waals surface area contributed by atoms with E-state index in [2.05, 4.69) is 0 Å². The summed E-state index contributed by atoms with van der Waals surface area (Å²) in [6, 6.07) is 13.2. The van der Waals surface area contributed by atoms with Crippen molar-refractivity contribution in [3.05, 3.63) is 81.9 Å². The summed E-state index contributed by atoms with van der Waals surface area (Å²) >= 11 is 1.32. The topological polar surface area (TPSA) is 98.2 Å². The van der Waals surface area contributed by atoms with Gasteiger partial charge in [-0.15, -0.1) is 0 Å². The van der Waals surface area contributed by atoms with Crippen molar-refractivity contribution in [1.29, 1.82) is 0 Å². The second kappa shape index (κ2) is 10.1. The number of hydrogen-bond acceptors (Lipinski definition) is 8. The molecule has 1 unspecified atom stereocenters. The van der Waals surface area contributed by atoms with Crippen LogP contribution in [0.15, 0.2) is 54.1 Å². The van der Waals surface area contributed by atoms with Gasteiger partial charge >= 0.3 is 5.91 Å². The van der Waals surface area contributed by atoms with Crippen molar-refractivity contribution in [1.82, 2.24) is 4.98 Å². The van der Waals surface area contributed by atoms with Crippen molar-refractivity contribution in [2.75, 3.05) is 26.2 Å². The minimum atomic E-state index is -1.01. The number of Topliss-reactive ketones (excluding diaryl/α,β-unsaturated/α-hetero) is 1. The lowest BCUT2D eigenvalue weighted by Crippen LogP contribution is -2.29. The van der Waals surface area contributed by atoms with Crippen LogP contribution < -0.4 is 19.1 Å². The molecule has 1 amide bonds. The van der Waals surface area contributed by atoms with Gasteiger partial charge in [0.15, 0.2) is 5.13 Å². The molecule has 200 valence electrons. The van der Waals surface area contributed by atoms with Gasteiger partial charge in [-0.1, -0.05) is 17.4 Å². The molecule has 9 heteroatoms. The molecule has 1 aromatic heterocycles. The average molecular weight is 545 g/mol. The molecule has 39 heavy (non-hydrogen) atoms. The zero-order valence-corrected chi connectivity index (χ0v) is 23.3. The summed E-state index contributed by atoms with van der Waals surface area (Å²) in [7, 11) is 4.60. The van der Waals surface area contributed by atoms with E-state index < -0.39 is 17.7 Å². The Bertz CT molecular complexity index is 1670. The van der Waals surface area contributed by atoms with Gasteiger partial charge in [0.25, 0.3) is 5.78 Å². The number of anilines is 1. The van der Waals surface area contributed by atoms with Crippen LogP contribution in [0.3, 0.4) is 0 Å². The third-order valence-electron chi connectivity index (χ3n) is 6.87. The largest absolute Gasteiger partial charge is 0.507 e. The lowest BCUT2D eigenvalue weighted by atomic mass is 9.94. The minimum absolute atomic E-state index is 0.0664. The van der Waals surface area contributed by atoms with E-state index in [4.69, 9.17) is 19.2 Å². The maximum absolute atomic E-state index is 13.7. The van der Waals surface area contributed by atoms with Crippen molar-refractivity contribution < 1.29 is 28.9 Å². The molecule has 3 aromatic carbocycles. The number of methoxy groups -OCH3 is 3. The second-order valence-corrected chi connectivity index (χ2v) is 10.4. The highest BCUT2D eigenvalue weighted by Gasteiger charge is 2.49. The summed E-state index contributed by atoms with van der Waals surface area (Å²) < 4.78 is 17.3. The van der Waals surface area contributed by atoms with Crippen LogP contribution in [-0.2, 0) is 9.59 Å². The summed E-state index contributed by atoms with van der Waals surface area (Å²) in [5.41, 5.74) is 4.35. The van der Waals surface area contributed by atoms with E-state index in [0.717, 1.165) is 26.9 Å². The van der Waals surface area contributed by atoms with Crippen LogP contribution >= 0.6 is 11.3 Å². The van der Waals surface area contributed by atoms with E-state index in [1.54, 1.807) is 43.5 Å². The van der Waals surface area contributed by atoms with Crippen LogP contribution in [0.2, 0.25) is 0 Å². The van der Waals surface area contributed by atoms with Crippen molar-refractivity contribution >= 4 is 44.1 Å². The highest BCUT2D eigenvalue weighted by atomic mass is 32.1. The number of rotatable bonds is 6. The van der Waals surface area contributed by atoms with Crippen LogP contribution in [0, 0.1) is 20.8 Å². The van der Waals surface area contributed by atoms with Gasteiger partial charge in [0.05, 0.1) is 37.1 Å². The molecular formula is C30H28N2O6S. The standard InChI is InChI=1S/C30H28N2O6S/c1-15-11-17(3)25-23(12-15)39-30(31-25)32-26(20-14-19(36-4)8-10-22(20)38-6)24(28(34)29(32)35)27(33)18-7-9-21(37-5)16(2)13-18/h7-14,26,33H,1-6H3/b27-24+. The van der Waals surface area contributed by atoms with Crippen molar-refractivity contribution in [3.8, 4) is 17.2 Å². The fourth-order valence-corrected chi connectivity index (χ4v) is 6.19. The van der Waals surface area contributed by atoms with Crippen LogP contribution in [0.5, 0.6) is 17.2 Å². The number of carbonyl (C=O) groups excluding carboxylic acids is 2. The fourth-order valence-electron chi connectivity index (χ4n) is 5.02. The van der Waals surface area contributed by atoms with Crippen molar-refractivity contribution in [2.24, 2.45) is 0 Å². The van der Waals surface area contributed by atoms with Crippen molar-refractivity contribution in [3.63, 3.8) is 0 Å². The Kier molecular flexibility index (Phi) is 6.78. The zero-order valence-electron chi connectivity index (χ0n) is 22.5. The molecule has 1 aliphatic heterocycles. The first-order valence-corrected chi connectivity index (χ1v) is 13.1. The predicted octanol–water partition coefficient (Wildman–Crippen LogP) is 5.87. The number of aromatic nitrogens is 1. The molecule has 0 spiro atoms. The van der Waals surface area contributed by atoms with E-state index in [0.29, 0.717) is 33.5 Å². The van der Waals surface area contributed by atoms with Gasteiger partial charge in [-0.3, -0.25) is 14.5 Å². The molecular weight excluding hydrogens is 516 g/mol. The van der Waals surface area contributed by atoms with Crippen LogP contribution in [0.1, 0.15) is 33.9 Å². The summed E-state index contributed by atoms with van der Waals surface area (Å²) in [5, 5.41) is 11.9. The lowest BCUT2D eigenvalue weighted by molar-refractivity contribution is -0.132. The molecule has 0 radical (unpaired) electrons. The quantitative estimate of drug-likeness (QED) is 0.184. The summed E-state index contributed by atoms with van der Waals surface area (Å²) in [4.78, 5) is 33.5. The first kappa shape index (κ1) is 26.2. The average Bonchev–Trinajstić information content (AvgIpc) is 3.46. The Hall–Kier alpha value is -4.37. The minimum Gasteiger partial charge on any atom is -0.507 e. The Balaban J connectivity index is 1.79. The number of aliphatic hydroxyl groups is 1. The number of aryl methyl sites for hydroxylation is 3. The monoisotopic (exact) mass is 544 g/mol. The third-order valence-corrected chi connectivity index (χ3v) is 7.87. The molecule has 1 aliphatic rings. The van der Waals surface area contributed by atoms with Crippen LogP contribution in [-0.4, -0.2) is 43.1 Å². The van der Waals surface area contributed by atoms with E-state index in [1.807, 2.05) is 32.9 Å². The molecule has 5 rings (SSSR count). The molecule has 4 aromatic rings. The van der Waals surface area contributed by atoms with Gasteiger partial charge < -0.3 is 19.3 Å². The third kappa shape index (κ3) is 4.38. The molecule has 8 nitrogen and oxygen atoms in total. The highest BCUT2D eigenvalue weighted by molar-refractivity contribution is 7.22. The first-order valence-electron chi connectivity index (χ1n) is 12.2. The highest BCUT2D eigenvalue weighted by Crippen LogP contribution is 2.47. The number of ketones is 1. The van der Waals surface area contributed by atoms with Gasteiger partial charge in [-0.25, -0.2) is 4.98 Å². The normalized spacial score (nSPS) is 16.7. The molecule has 1 saturated heterocycles. The van der Waals surface area contributed by atoms with Crippen molar-refractivity contribution in [2.45, 2.75) is 26.8 Å². The van der Waals surface area contributed by atoms with E-state index in [1.165, 1.54) is 30.5 Å². The van der Waals surface area contributed by atoms with Gasteiger partial charge in [0, 0.05) is 11.1 Å². The number of benzene rings is 3. The number of aliphatic hydroxyl groups excluding tert-OH is 1. The first-order chi connectivity index (χ1) is 18.7. The number of hydrogen-bond donors (Lipinski definition) is 1. The maximum atomic E-state index is 13.7. The number of amides is 1. The second-order valence-electron chi connectivity index (χ2n) is 9.39. The molecule has 1 fully saturated rings. The van der Waals surface area contributed by atoms with Gasteiger partial charge in [0.2, 0.25) is 0 Å². The van der Waals surface area contributed by atoms with E-state index >= 15 is 0 Å². The Morgan fingerprint density at radius 2 is 1.62 bits per heavy atom. The summed E-state index contributed by atoms with van der Waals surface area (Å²) in [5.74, 6) is -0.332. The Morgan fingerprint density at radius 3 is 2.28 bits per heavy atom. The summed E-state index contributed by atoms with van der Waals surface area (Å²) in [6.45, 7) is 5.79. The van der Waals surface area contributed by atoms with Gasteiger partial charge in [-0.05, 0) is 79.9 Å². The lowest BCUT2D eigenvalue weighted by Gasteiger charge is -2.25. The molecule has 0 saturated carbocycles. The number of nitrogens with zero attached hydrogens (tertiary/aromatic N) is 2. The number of thiazole rings is 1.